The monoisotopic (exact) mass is 345 g/mol. The van der Waals surface area contributed by atoms with E-state index in [4.69, 9.17) is 0 Å². The molecule has 3 heterocycles. The van der Waals surface area contributed by atoms with Crippen LogP contribution in [0.25, 0.3) is 0 Å². The number of carbonyl (C=O) groups is 2. The summed E-state index contributed by atoms with van der Waals surface area (Å²) in [6.07, 6.45) is 6.72. The standard InChI is InChI=1S/C18H27N5O2/c1-13(2)17-19-8-11-23(17)12-14-6-9-22(10-7-14)18(25)15-4-5-16(24)21(3)20-15/h8,11,13-14H,4-7,9-10,12H2,1-3H3. The highest BCUT2D eigenvalue weighted by Crippen LogP contribution is 2.22. The van der Waals surface area contributed by atoms with E-state index in [1.807, 2.05) is 11.1 Å². The van der Waals surface area contributed by atoms with Gasteiger partial charge in [-0.1, -0.05) is 13.8 Å². The number of aromatic nitrogens is 2. The van der Waals surface area contributed by atoms with Gasteiger partial charge < -0.3 is 9.47 Å². The average molecular weight is 345 g/mol. The van der Waals surface area contributed by atoms with Gasteiger partial charge in [0.1, 0.15) is 11.5 Å². The summed E-state index contributed by atoms with van der Waals surface area (Å²) in [5.74, 6) is 2.07. The van der Waals surface area contributed by atoms with Crippen LogP contribution in [0, 0.1) is 5.92 Å². The van der Waals surface area contributed by atoms with Crippen LogP contribution in [0.3, 0.4) is 0 Å². The minimum Gasteiger partial charge on any atom is -0.338 e. The number of likely N-dealkylation sites (tertiary alicyclic amines) is 1. The summed E-state index contributed by atoms with van der Waals surface area (Å²) in [6.45, 7) is 6.80. The van der Waals surface area contributed by atoms with E-state index >= 15 is 0 Å². The molecule has 1 aromatic heterocycles. The van der Waals surface area contributed by atoms with Crippen LogP contribution in [0.2, 0.25) is 0 Å². The first-order valence-electron chi connectivity index (χ1n) is 9.10. The van der Waals surface area contributed by atoms with Gasteiger partial charge in [0.15, 0.2) is 0 Å². The molecule has 2 amide bonds. The Kier molecular flexibility index (Phi) is 5.20. The zero-order valence-corrected chi connectivity index (χ0v) is 15.3. The molecule has 0 aliphatic carbocycles. The number of hydrogen-bond acceptors (Lipinski definition) is 4. The molecule has 2 aliphatic rings. The van der Waals surface area contributed by atoms with Gasteiger partial charge in [-0.2, -0.15) is 5.10 Å². The second kappa shape index (κ2) is 7.37. The Labute approximate surface area is 148 Å². The first-order valence-corrected chi connectivity index (χ1v) is 9.10. The fourth-order valence-corrected chi connectivity index (χ4v) is 3.58. The molecule has 136 valence electrons. The molecule has 2 aliphatic heterocycles. The lowest BCUT2D eigenvalue weighted by Gasteiger charge is -2.33. The van der Waals surface area contributed by atoms with Gasteiger partial charge in [0.25, 0.3) is 5.91 Å². The lowest BCUT2D eigenvalue weighted by atomic mass is 9.96. The smallest absolute Gasteiger partial charge is 0.270 e. The van der Waals surface area contributed by atoms with Crippen molar-refractivity contribution in [3.8, 4) is 0 Å². The van der Waals surface area contributed by atoms with Gasteiger partial charge in [-0.25, -0.2) is 9.99 Å². The zero-order valence-electron chi connectivity index (χ0n) is 15.3. The Hall–Kier alpha value is -2.18. The van der Waals surface area contributed by atoms with Gasteiger partial charge in [0.2, 0.25) is 5.91 Å². The van der Waals surface area contributed by atoms with E-state index < -0.39 is 0 Å². The molecule has 0 spiro atoms. The Morgan fingerprint density at radius 3 is 2.64 bits per heavy atom. The lowest BCUT2D eigenvalue weighted by molar-refractivity contribution is -0.130. The second-order valence-corrected chi connectivity index (χ2v) is 7.29. The molecular formula is C18H27N5O2. The van der Waals surface area contributed by atoms with Crippen molar-refractivity contribution in [1.29, 1.82) is 0 Å². The van der Waals surface area contributed by atoms with Crippen LogP contribution in [-0.4, -0.2) is 57.1 Å². The molecule has 1 aromatic rings. The van der Waals surface area contributed by atoms with Crippen molar-refractivity contribution in [3.05, 3.63) is 18.2 Å². The van der Waals surface area contributed by atoms with E-state index in [0.717, 1.165) is 38.3 Å². The lowest BCUT2D eigenvalue weighted by Crippen LogP contribution is -2.44. The van der Waals surface area contributed by atoms with Crippen molar-refractivity contribution >= 4 is 17.5 Å². The van der Waals surface area contributed by atoms with E-state index in [1.165, 1.54) is 5.01 Å². The molecule has 0 N–H and O–H groups in total. The van der Waals surface area contributed by atoms with Crippen LogP contribution in [0.1, 0.15) is 51.3 Å². The third-order valence-corrected chi connectivity index (χ3v) is 5.07. The molecule has 0 aromatic carbocycles. The molecule has 0 atom stereocenters. The Morgan fingerprint density at radius 2 is 2.00 bits per heavy atom. The van der Waals surface area contributed by atoms with Crippen LogP contribution in [-0.2, 0) is 16.1 Å². The molecule has 1 saturated heterocycles. The van der Waals surface area contributed by atoms with Crippen LogP contribution in [0.4, 0.5) is 0 Å². The van der Waals surface area contributed by atoms with Crippen LogP contribution < -0.4 is 0 Å². The molecule has 0 saturated carbocycles. The van der Waals surface area contributed by atoms with Gasteiger partial charge >= 0.3 is 0 Å². The second-order valence-electron chi connectivity index (χ2n) is 7.29. The SMILES string of the molecule is CC(C)c1nccn1CC1CCN(C(=O)C2=NN(C)C(=O)CC2)CC1. The Morgan fingerprint density at radius 1 is 1.28 bits per heavy atom. The van der Waals surface area contributed by atoms with Crippen molar-refractivity contribution in [2.45, 2.75) is 52.0 Å². The van der Waals surface area contributed by atoms with E-state index in [1.54, 1.807) is 7.05 Å². The number of piperidine rings is 1. The highest BCUT2D eigenvalue weighted by atomic mass is 16.2. The largest absolute Gasteiger partial charge is 0.338 e. The quantitative estimate of drug-likeness (QED) is 0.836. The fraction of sp³-hybridized carbons (Fsp3) is 0.667. The van der Waals surface area contributed by atoms with Gasteiger partial charge in [-0.3, -0.25) is 9.59 Å². The minimum absolute atomic E-state index is 0.0108. The predicted molar refractivity (Wildman–Crippen MR) is 95.1 cm³/mol. The maximum absolute atomic E-state index is 12.6. The van der Waals surface area contributed by atoms with E-state index in [9.17, 15) is 9.59 Å². The van der Waals surface area contributed by atoms with Gasteiger partial charge in [-0.05, 0) is 18.8 Å². The highest BCUT2D eigenvalue weighted by Gasteiger charge is 2.29. The first-order chi connectivity index (χ1) is 12.0. The molecule has 0 bridgehead atoms. The topological polar surface area (TPSA) is 70.8 Å². The Bertz CT molecular complexity index is 671. The molecular weight excluding hydrogens is 318 g/mol. The maximum Gasteiger partial charge on any atom is 0.270 e. The normalized spacial score (nSPS) is 19.5. The molecule has 3 rings (SSSR count). The van der Waals surface area contributed by atoms with E-state index in [-0.39, 0.29) is 11.8 Å². The third-order valence-electron chi connectivity index (χ3n) is 5.07. The van der Waals surface area contributed by atoms with Crippen molar-refractivity contribution in [2.24, 2.45) is 11.0 Å². The van der Waals surface area contributed by atoms with E-state index in [0.29, 0.717) is 30.4 Å². The van der Waals surface area contributed by atoms with Crippen LogP contribution >= 0.6 is 0 Å². The molecule has 7 heteroatoms. The molecule has 1 fully saturated rings. The number of carbonyl (C=O) groups excluding carboxylic acids is 2. The number of hydrazone groups is 1. The highest BCUT2D eigenvalue weighted by molar-refractivity contribution is 6.39. The summed E-state index contributed by atoms with van der Waals surface area (Å²) >= 11 is 0. The van der Waals surface area contributed by atoms with Gasteiger partial charge in [0, 0.05) is 57.8 Å². The molecule has 7 nitrogen and oxygen atoms in total. The minimum atomic E-state index is -0.0310. The average Bonchev–Trinajstić information content (AvgIpc) is 3.06. The van der Waals surface area contributed by atoms with Gasteiger partial charge in [0.05, 0.1) is 0 Å². The number of rotatable bonds is 4. The zero-order chi connectivity index (χ0) is 18.0. The van der Waals surface area contributed by atoms with Crippen LogP contribution in [0.5, 0.6) is 0 Å². The summed E-state index contributed by atoms with van der Waals surface area (Å²) in [5, 5.41) is 5.43. The van der Waals surface area contributed by atoms with Crippen molar-refractivity contribution in [2.75, 3.05) is 20.1 Å². The van der Waals surface area contributed by atoms with E-state index in [2.05, 4.69) is 34.7 Å². The van der Waals surface area contributed by atoms with Gasteiger partial charge in [-0.15, -0.1) is 0 Å². The molecule has 25 heavy (non-hydrogen) atoms. The summed E-state index contributed by atoms with van der Waals surface area (Å²) in [7, 11) is 1.61. The predicted octanol–water partition coefficient (Wildman–Crippen LogP) is 1.85. The number of amides is 2. The summed E-state index contributed by atoms with van der Waals surface area (Å²) in [6, 6.07) is 0. The fourth-order valence-electron chi connectivity index (χ4n) is 3.58. The van der Waals surface area contributed by atoms with Crippen molar-refractivity contribution in [1.82, 2.24) is 19.5 Å². The number of nitrogens with zero attached hydrogens (tertiary/aromatic N) is 5. The third kappa shape index (κ3) is 3.91. The van der Waals surface area contributed by atoms with Crippen molar-refractivity contribution in [3.63, 3.8) is 0 Å². The van der Waals surface area contributed by atoms with Crippen LogP contribution in [0.15, 0.2) is 17.5 Å². The molecule has 0 radical (unpaired) electrons. The van der Waals surface area contributed by atoms with Crippen molar-refractivity contribution < 1.29 is 9.59 Å². The maximum atomic E-state index is 12.6. The summed E-state index contributed by atoms with van der Waals surface area (Å²) in [5.41, 5.74) is 0.511. The first kappa shape index (κ1) is 17.6. The summed E-state index contributed by atoms with van der Waals surface area (Å²) < 4.78 is 2.25. The molecule has 0 unspecified atom stereocenters. The number of imidazole rings is 1. The Balaban J connectivity index is 1.55. The summed E-state index contributed by atoms with van der Waals surface area (Å²) in [4.78, 5) is 30.4. The number of hydrogen-bond donors (Lipinski definition) is 0.